The van der Waals surface area contributed by atoms with Crippen LogP contribution < -0.4 is 4.90 Å². The second-order valence-corrected chi connectivity index (χ2v) is 7.51. The lowest BCUT2D eigenvalue weighted by Gasteiger charge is -2.26. The van der Waals surface area contributed by atoms with E-state index in [1.54, 1.807) is 24.3 Å². The number of benzene rings is 3. The van der Waals surface area contributed by atoms with Crippen LogP contribution in [-0.4, -0.2) is 32.1 Å². The zero-order chi connectivity index (χ0) is 23.1. The molecule has 0 saturated heterocycles. The van der Waals surface area contributed by atoms with E-state index in [4.69, 9.17) is 0 Å². The fraction of sp³-hybridized carbons (Fsp3) is 0.0417. The summed E-state index contributed by atoms with van der Waals surface area (Å²) in [5.41, 5.74) is 3.24. The standard InChI is InChI=1S/C24H16N4O5/c29-23-21-19(20(25-26-21)14-5-2-1-3-6-14)22(16-7-4-8-18(13-16)28(32)33)27(23)17-11-9-15(10-12-17)24(30)31/h1-13,22H,(H,25,26)(H,30,31)/t22-/m1/s1. The highest BCUT2D eigenvalue weighted by Crippen LogP contribution is 2.45. The van der Waals surface area contributed by atoms with Crippen molar-refractivity contribution in [3.63, 3.8) is 0 Å². The average molecular weight is 440 g/mol. The molecule has 3 aromatic carbocycles. The number of fused-ring (bicyclic) bond motifs is 1. The Morgan fingerprint density at radius 2 is 1.76 bits per heavy atom. The van der Waals surface area contributed by atoms with Crippen molar-refractivity contribution in [1.29, 1.82) is 0 Å². The van der Waals surface area contributed by atoms with E-state index >= 15 is 0 Å². The first-order valence-corrected chi connectivity index (χ1v) is 10.0. The quantitative estimate of drug-likeness (QED) is 0.349. The molecule has 0 spiro atoms. The third kappa shape index (κ3) is 3.32. The predicted octanol–water partition coefficient (Wildman–Crippen LogP) is 4.43. The number of carbonyl (C=O) groups excluding carboxylic acids is 1. The van der Waals surface area contributed by atoms with Crippen LogP contribution in [0.1, 0.15) is 38.0 Å². The first kappa shape index (κ1) is 20.1. The van der Waals surface area contributed by atoms with Crippen LogP contribution in [-0.2, 0) is 0 Å². The van der Waals surface area contributed by atoms with Gasteiger partial charge in [-0.25, -0.2) is 4.79 Å². The number of aromatic amines is 1. The summed E-state index contributed by atoms with van der Waals surface area (Å²) in [6.07, 6.45) is 0. The van der Waals surface area contributed by atoms with Crippen molar-refractivity contribution in [2.24, 2.45) is 0 Å². The van der Waals surface area contributed by atoms with E-state index in [-0.39, 0.29) is 22.9 Å². The molecule has 1 amide bonds. The van der Waals surface area contributed by atoms with Crippen molar-refractivity contribution in [3.05, 3.63) is 111 Å². The van der Waals surface area contributed by atoms with E-state index in [1.165, 1.54) is 29.2 Å². The van der Waals surface area contributed by atoms with E-state index in [9.17, 15) is 24.8 Å². The molecule has 33 heavy (non-hydrogen) atoms. The largest absolute Gasteiger partial charge is 0.478 e. The Morgan fingerprint density at radius 3 is 2.42 bits per heavy atom. The number of aromatic nitrogens is 2. The Morgan fingerprint density at radius 1 is 1.03 bits per heavy atom. The van der Waals surface area contributed by atoms with Gasteiger partial charge in [0.25, 0.3) is 11.6 Å². The number of non-ortho nitro benzene ring substituents is 1. The van der Waals surface area contributed by atoms with Gasteiger partial charge in [-0.05, 0) is 29.8 Å². The third-order valence-corrected chi connectivity index (χ3v) is 5.60. The van der Waals surface area contributed by atoms with Gasteiger partial charge in [-0.1, -0.05) is 42.5 Å². The van der Waals surface area contributed by atoms with Crippen molar-refractivity contribution in [2.75, 3.05) is 4.90 Å². The molecule has 0 unspecified atom stereocenters. The van der Waals surface area contributed by atoms with Gasteiger partial charge in [-0.2, -0.15) is 5.10 Å². The molecule has 1 atom stereocenters. The molecule has 162 valence electrons. The molecule has 0 aliphatic carbocycles. The molecule has 0 bridgehead atoms. The van der Waals surface area contributed by atoms with E-state index < -0.39 is 16.9 Å². The van der Waals surface area contributed by atoms with Gasteiger partial charge >= 0.3 is 5.97 Å². The zero-order valence-electron chi connectivity index (χ0n) is 17.0. The second kappa shape index (κ2) is 7.72. The minimum Gasteiger partial charge on any atom is -0.478 e. The molecule has 0 saturated carbocycles. The highest BCUT2D eigenvalue weighted by atomic mass is 16.6. The van der Waals surface area contributed by atoms with Gasteiger partial charge in [0, 0.05) is 28.9 Å². The number of carboxylic acids is 1. The molecule has 0 radical (unpaired) electrons. The molecule has 5 rings (SSSR count). The van der Waals surface area contributed by atoms with Crippen LogP contribution in [0.15, 0.2) is 78.9 Å². The lowest BCUT2D eigenvalue weighted by Crippen LogP contribution is -2.29. The van der Waals surface area contributed by atoms with Crippen LogP contribution in [0.5, 0.6) is 0 Å². The SMILES string of the molecule is O=C(O)c1ccc(N2C(=O)c3[nH]nc(-c4ccccc4)c3[C@H]2c2cccc([N+](=O)[O-])c2)cc1. The molecule has 2 N–H and O–H groups in total. The number of nitro groups is 1. The topological polar surface area (TPSA) is 129 Å². The number of nitrogens with zero attached hydrogens (tertiary/aromatic N) is 3. The van der Waals surface area contributed by atoms with Crippen LogP contribution in [0.3, 0.4) is 0 Å². The van der Waals surface area contributed by atoms with Crippen molar-refractivity contribution < 1.29 is 19.6 Å². The van der Waals surface area contributed by atoms with E-state index in [0.29, 0.717) is 22.5 Å². The van der Waals surface area contributed by atoms with Crippen LogP contribution in [0.25, 0.3) is 11.3 Å². The van der Waals surface area contributed by atoms with Crippen LogP contribution in [0, 0.1) is 10.1 Å². The maximum absolute atomic E-state index is 13.5. The van der Waals surface area contributed by atoms with E-state index in [2.05, 4.69) is 10.2 Å². The maximum atomic E-state index is 13.5. The molecule has 1 aromatic heterocycles. The molecule has 0 fully saturated rings. The zero-order valence-corrected chi connectivity index (χ0v) is 17.0. The smallest absolute Gasteiger partial charge is 0.335 e. The third-order valence-electron chi connectivity index (χ3n) is 5.60. The Hall–Kier alpha value is -4.79. The average Bonchev–Trinajstić information content (AvgIpc) is 3.38. The fourth-order valence-corrected chi connectivity index (χ4v) is 4.12. The van der Waals surface area contributed by atoms with E-state index in [1.807, 2.05) is 30.3 Å². The number of aromatic carboxylic acids is 1. The highest BCUT2D eigenvalue weighted by molar-refractivity contribution is 6.12. The number of anilines is 1. The summed E-state index contributed by atoms with van der Waals surface area (Å²) in [5, 5.41) is 27.8. The Bertz CT molecular complexity index is 1400. The number of hydrogen-bond acceptors (Lipinski definition) is 5. The summed E-state index contributed by atoms with van der Waals surface area (Å²) in [5.74, 6) is -1.44. The van der Waals surface area contributed by atoms with Gasteiger partial charge in [0.1, 0.15) is 5.69 Å². The van der Waals surface area contributed by atoms with Crippen LogP contribution >= 0.6 is 0 Å². The lowest BCUT2D eigenvalue weighted by molar-refractivity contribution is -0.384. The van der Waals surface area contributed by atoms with Crippen molar-refractivity contribution in [2.45, 2.75) is 6.04 Å². The Kier molecular flexibility index (Phi) is 4.71. The van der Waals surface area contributed by atoms with Crippen LogP contribution in [0.4, 0.5) is 11.4 Å². The minimum atomic E-state index is -1.08. The number of rotatable bonds is 5. The molecule has 1 aliphatic rings. The monoisotopic (exact) mass is 440 g/mol. The number of H-pyrrole nitrogens is 1. The Balaban J connectivity index is 1.71. The van der Waals surface area contributed by atoms with Crippen LogP contribution in [0.2, 0.25) is 0 Å². The number of hydrogen-bond donors (Lipinski definition) is 2. The minimum absolute atomic E-state index is 0.0856. The number of carboxylic acid groups (broad SMARTS) is 1. The fourth-order valence-electron chi connectivity index (χ4n) is 4.12. The number of carbonyl (C=O) groups is 2. The predicted molar refractivity (Wildman–Crippen MR) is 119 cm³/mol. The maximum Gasteiger partial charge on any atom is 0.335 e. The van der Waals surface area contributed by atoms with Crippen molar-refractivity contribution in [1.82, 2.24) is 10.2 Å². The molecule has 9 heteroatoms. The van der Waals surface area contributed by atoms with Crippen molar-refractivity contribution in [3.8, 4) is 11.3 Å². The molecule has 4 aromatic rings. The van der Waals surface area contributed by atoms with Gasteiger partial charge in [0.2, 0.25) is 0 Å². The van der Waals surface area contributed by atoms with Gasteiger partial charge in [0.15, 0.2) is 0 Å². The Labute approximate surface area is 187 Å². The first-order chi connectivity index (χ1) is 16.0. The number of nitro benzene ring substituents is 1. The normalized spacial score (nSPS) is 14.8. The lowest BCUT2D eigenvalue weighted by atomic mass is 9.95. The molecular formula is C24H16N4O5. The number of nitrogens with one attached hydrogen (secondary N) is 1. The van der Waals surface area contributed by atoms with Gasteiger partial charge < -0.3 is 5.11 Å². The first-order valence-electron chi connectivity index (χ1n) is 10.0. The molecule has 2 heterocycles. The number of amides is 1. The summed E-state index contributed by atoms with van der Waals surface area (Å²) in [6, 6.07) is 20.7. The summed E-state index contributed by atoms with van der Waals surface area (Å²) in [7, 11) is 0. The summed E-state index contributed by atoms with van der Waals surface area (Å²) < 4.78 is 0. The van der Waals surface area contributed by atoms with Gasteiger partial charge in [-0.3, -0.25) is 24.9 Å². The summed E-state index contributed by atoms with van der Waals surface area (Å²) in [6.45, 7) is 0. The summed E-state index contributed by atoms with van der Waals surface area (Å²) >= 11 is 0. The highest BCUT2D eigenvalue weighted by Gasteiger charge is 2.43. The molecule has 1 aliphatic heterocycles. The summed E-state index contributed by atoms with van der Waals surface area (Å²) in [4.78, 5) is 37.2. The van der Waals surface area contributed by atoms with E-state index in [0.717, 1.165) is 5.56 Å². The molecular weight excluding hydrogens is 424 g/mol. The van der Waals surface area contributed by atoms with Gasteiger partial charge in [0.05, 0.1) is 22.2 Å². The second-order valence-electron chi connectivity index (χ2n) is 7.51. The molecule has 9 nitrogen and oxygen atoms in total. The van der Waals surface area contributed by atoms with Gasteiger partial charge in [-0.15, -0.1) is 0 Å². The van der Waals surface area contributed by atoms with Crippen molar-refractivity contribution >= 4 is 23.3 Å².